The van der Waals surface area contributed by atoms with Crippen LogP contribution in [0.3, 0.4) is 0 Å². The van der Waals surface area contributed by atoms with Gasteiger partial charge < -0.3 is 15.1 Å². The van der Waals surface area contributed by atoms with Crippen LogP contribution in [-0.4, -0.2) is 29.9 Å². The number of anilines is 1. The van der Waals surface area contributed by atoms with E-state index in [9.17, 15) is 10.2 Å². The van der Waals surface area contributed by atoms with Crippen molar-refractivity contribution < 1.29 is 10.2 Å². The number of hydrogen-bond acceptors (Lipinski definition) is 3. The molecule has 0 aliphatic carbocycles. The first-order chi connectivity index (χ1) is 7.80. The molecule has 0 saturated heterocycles. The van der Waals surface area contributed by atoms with E-state index in [-0.39, 0.29) is 17.3 Å². The highest BCUT2D eigenvalue weighted by Crippen LogP contribution is 2.23. The van der Waals surface area contributed by atoms with E-state index in [2.05, 4.69) is 4.90 Å². The third-order valence-corrected chi connectivity index (χ3v) is 3.03. The van der Waals surface area contributed by atoms with Crippen molar-refractivity contribution >= 4 is 5.69 Å². The highest BCUT2D eigenvalue weighted by Gasteiger charge is 2.21. The van der Waals surface area contributed by atoms with Gasteiger partial charge in [-0.05, 0) is 36.1 Å². The molecule has 0 radical (unpaired) electrons. The van der Waals surface area contributed by atoms with Gasteiger partial charge in [0, 0.05) is 19.3 Å². The van der Waals surface area contributed by atoms with Crippen molar-refractivity contribution in [2.45, 2.75) is 33.3 Å². The molecule has 0 aliphatic heterocycles. The molecule has 0 saturated carbocycles. The van der Waals surface area contributed by atoms with E-state index in [4.69, 9.17) is 0 Å². The fourth-order valence-electron chi connectivity index (χ4n) is 1.59. The summed E-state index contributed by atoms with van der Waals surface area (Å²) < 4.78 is 0. The number of hydrogen-bond donors (Lipinski definition) is 2. The third-order valence-electron chi connectivity index (χ3n) is 3.03. The van der Waals surface area contributed by atoms with E-state index in [0.29, 0.717) is 0 Å². The van der Waals surface area contributed by atoms with Gasteiger partial charge in [0.1, 0.15) is 5.75 Å². The van der Waals surface area contributed by atoms with Gasteiger partial charge in [0.2, 0.25) is 0 Å². The topological polar surface area (TPSA) is 43.7 Å². The average Bonchev–Trinajstić information content (AvgIpc) is 2.25. The molecule has 96 valence electrons. The van der Waals surface area contributed by atoms with E-state index >= 15 is 0 Å². The van der Waals surface area contributed by atoms with Crippen LogP contribution in [0.2, 0.25) is 0 Å². The van der Waals surface area contributed by atoms with Crippen molar-refractivity contribution in [1.29, 1.82) is 0 Å². The fourth-order valence-corrected chi connectivity index (χ4v) is 1.59. The first-order valence-corrected chi connectivity index (χ1v) is 5.99. The van der Waals surface area contributed by atoms with Crippen molar-refractivity contribution in [3.8, 4) is 5.75 Å². The fraction of sp³-hybridized carbons (Fsp3) is 0.571. The van der Waals surface area contributed by atoms with Crippen LogP contribution in [0.15, 0.2) is 24.3 Å². The Morgan fingerprint density at radius 1 is 1.18 bits per heavy atom. The van der Waals surface area contributed by atoms with Crippen LogP contribution in [0, 0.1) is 5.41 Å². The SMILES string of the molecule is CN(CCC(O)C(C)(C)C)c1ccc(O)cc1. The predicted octanol–water partition coefficient (Wildman–Crippen LogP) is 2.63. The molecule has 17 heavy (non-hydrogen) atoms. The van der Waals surface area contributed by atoms with Crippen LogP contribution in [-0.2, 0) is 0 Å². The second-order valence-electron chi connectivity index (χ2n) is 5.61. The van der Waals surface area contributed by atoms with Crippen molar-refractivity contribution in [2.75, 3.05) is 18.5 Å². The Kier molecular flexibility index (Phi) is 4.40. The standard InChI is InChI=1S/C14H23NO2/c1-14(2,3)13(17)9-10-15(4)11-5-7-12(16)8-6-11/h5-8,13,16-17H,9-10H2,1-4H3. The first-order valence-electron chi connectivity index (χ1n) is 5.99. The second-order valence-corrected chi connectivity index (χ2v) is 5.61. The summed E-state index contributed by atoms with van der Waals surface area (Å²) in [5.41, 5.74) is 0.972. The summed E-state index contributed by atoms with van der Waals surface area (Å²) in [4.78, 5) is 2.08. The third kappa shape index (κ3) is 4.27. The summed E-state index contributed by atoms with van der Waals surface area (Å²) in [7, 11) is 1.99. The maximum absolute atomic E-state index is 9.96. The number of nitrogens with zero attached hydrogens (tertiary/aromatic N) is 1. The minimum Gasteiger partial charge on any atom is -0.508 e. The van der Waals surface area contributed by atoms with E-state index < -0.39 is 0 Å². The number of benzene rings is 1. The maximum atomic E-state index is 9.96. The van der Waals surface area contributed by atoms with Crippen LogP contribution in [0.4, 0.5) is 5.69 Å². The molecule has 1 aromatic rings. The molecule has 1 aromatic carbocycles. The van der Waals surface area contributed by atoms with E-state index in [1.807, 2.05) is 40.0 Å². The Morgan fingerprint density at radius 2 is 1.71 bits per heavy atom. The van der Waals surface area contributed by atoms with Gasteiger partial charge in [-0.15, -0.1) is 0 Å². The Hall–Kier alpha value is -1.22. The van der Waals surface area contributed by atoms with Gasteiger partial charge in [-0.25, -0.2) is 0 Å². The molecule has 0 spiro atoms. The highest BCUT2D eigenvalue weighted by molar-refractivity contribution is 5.47. The molecule has 1 rings (SSSR count). The van der Waals surface area contributed by atoms with Crippen molar-refractivity contribution in [3.63, 3.8) is 0 Å². The average molecular weight is 237 g/mol. The van der Waals surface area contributed by atoms with Gasteiger partial charge in [-0.2, -0.15) is 0 Å². The number of phenols is 1. The molecule has 1 unspecified atom stereocenters. The summed E-state index contributed by atoms with van der Waals surface area (Å²) >= 11 is 0. The van der Waals surface area contributed by atoms with Crippen LogP contribution in [0.5, 0.6) is 5.75 Å². The zero-order valence-corrected chi connectivity index (χ0v) is 11.1. The highest BCUT2D eigenvalue weighted by atomic mass is 16.3. The Balaban J connectivity index is 2.50. The normalized spacial score (nSPS) is 13.5. The molecule has 0 aliphatic rings. The van der Waals surface area contributed by atoms with Gasteiger partial charge in [-0.1, -0.05) is 20.8 Å². The van der Waals surface area contributed by atoms with E-state index in [0.717, 1.165) is 18.7 Å². The summed E-state index contributed by atoms with van der Waals surface area (Å²) in [5, 5.41) is 19.2. The lowest BCUT2D eigenvalue weighted by atomic mass is 9.87. The molecule has 0 amide bonds. The van der Waals surface area contributed by atoms with Gasteiger partial charge in [0.05, 0.1) is 6.10 Å². The first kappa shape index (κ1) is 13.8. The summed E-state index contributed by atoms with van der Waals surface area (Å²) in [6.45, 7) is 6.91. The molecule has 2 N–H and O–H groups in total. The van der Waals surface area contributed by atoms with Crippen molar-refractivity contribution in [2.24, 2.45) is 5.41 Å². The number of rotatable bonds is 4. The number of phenolic OH excluding ortho intramolecular Hbond substituents is 1. The number of aromatic hydroxyl groups is 1. The lowest BCUT2D eigenvalue weighted by molar-refractivity contribution is 0.0576. The van der Waals surface area contributed by atoms with Gasteiger partial charge in [0.15, 0.2) is 0 Å². The molecule has 0 bridgehead atoms. The van der Waals surface area contributed by atoms with Crippen LogP contribution in [0.1, 0.15) is 27.2 Å². The van der Waals surface area contributed by atoms with Gasteiger partial charge in [-0.3, -0.25) is 0 Å². The van der Waals surface area contributed by atoms with Crippen LogP contribution >= 0.6 is 0 Å². The number of aliphatic hydroxyl groups excluding tert-OH is 1. The molecular formula is C14H23NO2. The van der Waals surface area contributed by atoms with Crippen LogP contribution < -0.4 is 4.90 Å². The minimum absolute atomic E-state index is 0.0736. The summed E-state index contributed by atoms with van der Waals surface area (Å²) in [6, 6.07) is 7.09. The minimum atomic E-state index is -0.304. The van der Waals surface area contributed by atoms with E-state index in [1.54, 1.807) is 12.1 Å². The monoisotopic (exact) mass is 237 g/mol. The largest absolute Gasteiger partial charge is 0.508 e. The van der Waals surface area contributed by atoms with Gasteiger partial charge in [0.25, 0.3) is 0 Å². The lowest BCUT2D eigenvalue weighted by Crippen LogP contribution is -2.31. The van der Waals surface area contributed by atoms with Crippen LogP contribution in [0.25, 0.3) is 0 Å². The molecular weight excluding hydrogens is 214 g/mol. The predicted molar refractivity (Wildman–Crippen MR) is 71.5 cm³/mol. The maximum Gasteiger partial charge on any atom is 0.115 e. The summed E-state index contributed by atoms with van der Waals surface area (Å²) in [5.74, 6) is 0.275. The smallest absolute Gasteiger partial charge is 0.115 e. The number of aliphatic hydroxyl groups is 1. The van der Waals surface area contributed by atoms with E-state index in [1.165, 1.54) is 0 Å². The lowest BCUT2D eigenvalue weighted by Gasteiger charge is -2.28. The molecule has 3 heteroatoms. The molecule has 0 fully saturated rings. The Morgan fingerprint density at radius 3 is 2.18 bits per heavy atom. The molecule has 1 atom stereocenters. The van der Waals surface area contributed by atoms with Crippen molar-refractivity contribution in [3.05, 3.63) is 24.3 Å². The second kappa shape index (κ2) is 5.41. The van der Waals surface area contributed by atoms with Crippen molar-refractivity contribution in [1.82, 2.24) is 0 Å². The molecule has 0 heterocycles. The zero-order valence-electron chi connectivity index (χ0n) is 11.1. The quantitative estimate of drug-likeness (QED) is 0.846. The molecule has 3 nitrogen and oxygen atoms in total. The Bertz CT molecular complexity index is 340. The zero-order chi connectivity index (χ0) is 13.1. The Labute approximate surface area is 104 Å². The summed E-state index contributed by atoms with van der Waals surface area (Å²) in [6.07, 6.45) is 0.433. The molecule has 0 aromatic heterocycles. The van der Waals surface area contributed by atoms with Gasteiger partial charge >= 0.3 is 0 Å².